The summed E-state index contributed by atoms with van der Waals surface area (Å²) in [6.07, 6.45) is 4.14. The maximum absolute atomic E-state index is 5.68. The summed E-state index contributed by atoms with van der Waals surface area (Å²) >= 11 is 0. The molecular formula is C16H25NO. The first-order valence-corrected chi connectivity index (χ1v) is 7.19. The van der Waals surface area contributed by atoms with Crippen LogP contribution in [0.5, 0.6) is 5.75 Å². The fourth-order valence-corrected chi connectivity index (χ4v) is 2.85. The standard InChI is InChI=1S/C16H25NO/c1-4-17-15-8-5-14(11-15)13-6-9-16(10-7-13)18-12(2)3/h6-7,9-10,12,14-15,17H,4-5,8,11H2,1-3H3. The van der Waals surface area contributed by atoms with Gasteiger partial charge in [0.1, 0.15) is 5.75 Å². The molecule has 1 fully saturated rings. The van der Waals surface area contributed by atoms with E-state index in [0.29, 0.717) is 6.04 Å². The Morgan fingerprint density at radius 3 is 2.56 bits per heavy atom. The molecule has 0 amide bonds. The maximum Gasteiger partial charge on any atom is 0.119 e. The lowest BCUT2D eigenvalue weighted by atomic mass is 9.97. The normalized spacial score (nSPS) is 23.6. The van der Waals surface area contributed by atoms with Crippen molar-refractivity contribution in [1.29, 1.82) is 0 Å². The van der Waals surface area contributed by atoms with Crippen molar-refractivity contribution in [2.45, 2.75) is 58.1 Å². The van der Waals surface area contributed by atoms with Gasteiger partial charge in [0, 0.05) is 6.04 Å². The molecule has 1 aliphatic carbocycles. The minimum absolute atomic E-state index is 0.250. The number of hydrogen-bond donors (Lipinski definition) is 1. The number of hydrogen-bond acceptors (Lipinski definition) is 2. The summed E-state index contributed by atoms with van der Waals surface area (Å²) in [4.78, 5) is 0. The summed E-state index contributed by atoms with van der Waals surface area (Å²) in [6.45, 7) is 7.39. The van der Waals surface area contributed by atoms with Gasteiger partial charge in [-0.15, -0.1) is 0 Å². The molecule has 18 heavy (non-hydrogen) atoms. The van der Waals surface area contributed by atoms with Crippen molar-refractivity contribution in [2.24, 2.45) is 0 Å². The first-order valence-electron chi connectivity index (χ1n) is 7.19. The topological polar surface area (TPSA) is 21.3 Å². The van der Waals surface area contributed by atoms with Crippen LogP contribution in [0.25, 0.3) is 0 Å². The van der Waals surface area contributed by atoms with Gasteiger partial charge in [0.25, 0.3) is 0 Å². The Labute approximate surface area is 111 Å². The first kappa shape index (κ1) is 13.4. The SMILES string of the molecule is CCNC1CCC(c2ccc(OC(C)C)cc2)C1. The van der Waals surface area contributed by atoms with E-state index in [1.54, 1.807) is 0 Å². The average molecular weight is 247 g/mol. The van der Waals surface area contributed by atoms with Crippen molar-refractivity contribution >= 4 is 0 Å². The van der Waals surface area contributed by atoms with Gasteiger partial charge in [0.05, 0.1) is 6.10 Å². The molecule has 0 aliphatic heterocycles. The lowest BCUT2D eigenvalue weighted by molar-refractivity contribution is 0.242. The Morgan fingerprint density at radius 1 is 1.22 bits per heavy atom. The second kappa shape index (κ2) is 6.24. The van der Waals surface area contributed by atoms with Crippen LogP contribution in [-0.2, 0) is 0 Å². The molecule has 2 nitrogen and oxygen atoms in total. The zero-order valence-corrected chi connectivity index (χ0v) is 11.8. The third kappa shape index (κ3) is 3.49. The van der Waals surface area contributed by atoms with Crippen LogP contribution in [0.3, 0.4) is 0 Å². The summed E-state index contributed by atoms with van der Waals surface area (Å²) in [5.41, 5.74) is 1.46. The molecule has 1 saturated carbocycles. The molecule has 0 heterocycles. The Balaban J connectivity index is 1.94. The van der Waals surface area contributed by atoms with E-state index in [1.165, 1.54) is 24.8 Å². The van der Waals surface area contributed by atoms with Crippen molar-refractivity contribution in [3.63, 3.8) is 0 Å². The number of nitrogens with one attached hydrogen (secondary N) is 1. The maximum atomic E-state index is 5.68. The van der Waals surface area contributed by atoms with Crippen LogP contribution in [0.1, 0.15) is 51.5 Å². The third-order valence-electron chi connectivity index (χ3n) is 3.65. The van der Waals surface area contributed by atoms with Crippen molar-refractivity contribution < 1.29 is 4.74 Å². The summed E-state index contributed by atoms with van der Waals surface area (Å²) in [6, 6.07) is 9.39. The van der Waals surface area contributed by atoms with Crippen molar-refractivity contribution in [3.8, 4) is 5.75 Å². The van der Waals surface area contributed by atoms with Gasteiger partial charge in [0.15, 0.2) is 0 Å². The molecule has 2 heteroatoms. The summed E-state index contributed by atoms with van der Waals surface area (Å²) in [5, 5.41) is 3.56. The predicted octanol–water partition coefficient (Wildman–Crippen LogP) is 3.72. The molecule has 0 spiro atoms. The lowest BCUT2D eigenvalue weighted by Crippen LogP contribution is -2.25. The fourth-order valence-electron chi connectivity index (χ4n) is 2.85. The minimum atomic E-state index is 0.250. The van der Waals surface area contributed by atoms with E-state index in [1.807, 2.05) is 0 Å². The summed E-state index contributed by atoms with van der Waals surface area (Å²) in [7, 11) is 0. The second-order valence-corrected chi connectivity index (χ2v) is 5.50. The van der Waals surface area contributed by atoms with Crippen LogP contribution < -0.4 is 10.1 Å². The number of rotatable bonds is 5. The molecule has 0 radical (unpaired) electrons. The van der Waals surface area contributed by atoms with Crippen LogP contribution in [-0.4, -0.2) is 18.7 Å². The van der Waals surface area contributed by atoms with Crippen LogP contribution in [0, 0.1) is 0 Å². The molecule has 2 rings (SSSR count). The molecule has 1 aliphatic rings. The van der Waals surface area contributed by atoms with Gasteiger partial charge in [-0.3, -0.25) is 0 Å². The molecule has 1 N–H and O–H groups in total. The molecule has 1 aromatic rings. The summed E-state index contributed by atoms with van der Waals surface area (Å²) < 4.78 is 5.68. The zero-order chi connectivity index (χ0) is 13.0. The van der Waals surface area contributed by atoms with Gasteiger partial charge >= 0.3 is 0 Å². The Morgan fingerprint density at radius 2 is 1.94 bits per heavy atom. The molecule has 2 unspecified atom stereocenters. The van der Waals surface area contributed by atoms with Gasteiger partial charge in [-0.1, -0.05) is 19.1 Å². The van der Waals surface area contributed by atoms with E-state index < -0.39 is 0 Å². The monoisotopic (exact) mass is 247 g/mol. The lowest BCUT2D eigenvalue weighted by Gasteiger charge is -2.14. The highest BCUT2D eigenvalue weighted by Crippen LogP contribution is 2.35. The Hall–Kier alpha value is -1.02. The molecular weight excluding hydrogens is 222 g/mol. The highest BCUT2D eigenvalue weighted by atomic mass is 16.5. The molecule has 100 valence electrons. The average Bonchev–Trinajstić information content (AvgIpc) is 2.78. The van der Waals surface area contributed by atoms with Gasteiger partial charge in [-0.25, -0.2) is 0 Å². The molecule has 0 aromatic heterocycles. The largest absolute Gasteiger partial charge is 0.491 e. The van der Waals surface area contributed by atoms with Crippen LogP contribution in [0.2, 0.25) is 0 Å². The quantitative estimate of drug-likeness (QED) is 0.856. The third-order valence-corrected chi connectivity index (χ3v) is 3.65. The molecule has 0 bridgehead atoms. The van der Waals surface area contributed by atoms with Gasteiger partial charge in [0.2, 0.25) is 0 Å². The van der Waals surface area contributed by atoms with E-state index in [2.05, 4.69) is 50.4 Å². The Kier molecular flexibility index (Phi) is 4.65. The zero-order valence-electron chi connectivity index (χ0n) is 11.8. The van der Waals surface area contributed by atoms with Gasteiger partial charge < -0.3 is 10.1 Å². The van der Waals surface area contributed by atoms with Crippen LogP contribution in [0.15, 0.2) is 24.3 Å². The number of ether oxygens (including phenoxy) is 1. The second-order valence-electron chi connectivity index (χ2n) is 5.50. The molecule has 0 saturated heterocycles. The van der Waals surface area contributed by atoms with Crippen LogP contribution >= 0.6 is 0 Å². The molecule has 2 atom stereocenters. The van der Waals surface area contributed by atoms with Crippen LogP contribution in [0.4, 0.5) is 0 Å². The fraction of sp³-hybridized carbons (Fsp3) is 0.625. The van der Waals surface area contributed by atoms with Gasteiger partial charge in [-0.2, -0.15) is 0 Å². The first-order chi connectivity index (χ1) is 8.69. The van der Waals surface area contributed by atoms with Crippen molar-refractivity contribution in [2.75, 3.05) is 6.54 Å². The highest BCUT2D eigenvalue weighted by Gasteiger charge is 2.24. The van der Waals surface area contributed by atoms with Gasteiger partial charge in [-0.05, 0) is 63.3 Å². The summed E-state index contributed by atoms with van der Waals surface area (Å²) in [5.74, 6) is 1.71. The van der Waals surface area contributed by atoms with E-state index in [0.717, 1.165) is 18.2 Å². The smallest absolute Gasteiger partial charge is 0.119 e. The van der Waals surface area contributed by atoms with Crippen molar-refractivity contribution in [1.82, 2.24) is 5.32 Å². The molecule has 1 aromatic carbocycles. The van der Waals surface area contributed by atoms with E-state index in [4.69, 9.17) is 4.74 Å². The van der Waals surface area contributed by atoms with E-state index >= 15 is 0 Å². The van der Waals surface area contributed by atoms with Crippen molar-refractivity contribution in [3.05, 3.63) is 29.8 Å². The predicted molar refractivity (Wildman–Crippen MR) is 76.3 cm³/mol. The number of benzene rings is 1. The van der Waals surface area contributed by atoms with E-state index in [-0.39, 0.29) is 6.10 Å². The van der Waals surface area contributed by atoms with E-state index in [9.17, 15) is 0 Å². The minimum Gasteiger partial charge on any atom is -0.491 e. The highest BCUT2D eigenvalue weighted by molar-refractivity contribution is 5.30. The Bertz CT molecular complexity index is 358.